The fourth-order valence-electron chi connectivity index (χ4n) is 4.28. The summed E-state index contributed by atoms with van der Waals surface area (Å²) in [7, 11) is -4.75. The van der Waals surface area contributed by atoms with Crippen LogP contribution in [0.5, 0.6) is 0 Å². The van der Waals surface area contributed by atoms with Gasteiger partial charge in [-0.2, -0.15) is 17.9 Å². The number of rotatable bonds is 6. The minimum atomic E-state index is -4.80. The lowest BCUT2D eigenvalue weighted by molar-refractivity contribution is -0.152. The first-order valence-corrected chi connectivity index (χ1v) is 13.4. The molecule has 2 aromatic rings. The highest BCUT2D eigenvalue weighted by atomic mass is 32.2. The molecule has 1 saturated carbocycles. The second-order valence-corrected chi connectivity index (χ2v) is 14.0. The average molecular weight is 514 g/mol. The van der Waals surface area contributed by atoms with Gasteiger partial charge in [0.05, 0.1) is 16.5 Å². The first-order valence-electron chi connectivity index (χ1n) is 11.9. The number of nitrogens with zero attached hydrogens (tertiary/aromatic N) is 1. The first kappa shape index (κ1) is 26.5. The van der Waals surface area contributed by atoms with Gasteiger partial charge in [-0.1, -0.05) is 32.9 Å². The lowest BCUT2D eigenvalue weighted by Crippen LogP contribution is -2.41. The molecule has 0 amide bonds. The Kier molecular flexibility index (Phi) is 6.23. The van der Waals surface area contributed by atoms with Gasteiger partial charge in [-0.05, 0) is 57.5 Å². The summed E-state index contributed by atoms with van der Waals surface area (Å²) in [5.41, 5.74) is -0.201. The Hall–Kier alpha value is -1.56. The van der Waals surface area contributed by atoms with E-state index in [1.54, 1.807) is 22.8 Å². The van der Waals surface area contributed by atoms with E-state index >= 15 is 0 Å². The number of nitrogens with one attached hydrogen (secondary N) is 1. The van der Waals surface area contributed by atoms with Crippen LogP contribution in [0.4, 0.5) is 13.2 Å². The van der Waals surface area contributed by atoms with E-state index in [1.165, 1.54) is 6.20 Å². The molecule has 1 N–H and O–H groups in total. The van der Waals surface area contributed by atoms with Gasteiger partial charge in [-0.3, -0.25) is 0 Å². The topological polar surface area (TPSA) is 69.6 Å². The Balaban J connectivity index is 1.82. The molecule has 6 nitrogen and oxygen atoms in total. The van der Waals surface area contributed by atoms with Crippen LogP contribution in [0.15, 0.2) is 24.4 Å². The van der Waals surface area contributed by atoms with Crippen LogP contribution in [0.2, 0.25) is 0 Å². The molecule has 1 aromatic carbocycles. The van der Waals surface area contributed by atoms with Crippen molar-refractivity contribution in [1.29, 1.82) is 0 Å². The van der Waals surface area contributed by atoms with E-state index in [9.17, 15) is 21.6 Å². The smallest absolute Gasteiger partial charge is 0.399 e. The zero-order chi connectivity index (χ0) is 26.2. The minimum Gasteiger partial charge on any atom is -0.399 e. The number of sulfonamides is 1. The van der Waals surface area contributed by atoms with Crippen molar-refractivity contribution in [2.24, 2.45) is 5.41 Å². The van der Waals surface area contributed by atoms with Crippen molar-refractivity contribution in [2.45, 2.75) is 96.5 Å². The lowest BCUT2D eigenvalue weighted by Gasteiger charge is -2.32. The molecule has 1 aliphatic carbocycles. The number of aromatic nitrogens is 1. The summed E-state index contributed by atoms with van der Waals surface area (Å²) < 4.78 is 83.6. The van der Waals surface area contributed by atoms with E-state index in [1.807, 2.05) is 53.2 Å². The molecule has 1 unspecified atom stereocenters. The fourth-order valence-corrected chi connectivity index (χ4v) is 5.82. The van der Waals surface area contributed by atoms with Gasteiger partial charge in [-0.25, -0.2) is 8.42 Å². The van der Waals surface area contributed by atoms with Gasteiger partial charge in [0.1, 0.15) is 6.04 Å². The summed E-state index contributed by atoms with van der Waals surface area (Å²) in [5, 5.41) is -0.416. The van der Waals surface area contributed by atoms with Crippen molar-refractivity contribution in [2.75, 3.05) is 0 Å². The Morgan fingerprint density at radius 2 is 1.69 bits per heavy atom. The molecule has 1 atom stereocenters. The number of fused-ring (bicyclic) bond motifs is 1. The predicted octanol–water partition coefficient (Wildman–Crippen LogP) is 4.67. The molecule has 4 rings (SSSR count). The van der Waals surface area contributed by atoms with Crippen LogP contribution in [0.25, 0.3) is 10.9 Å². The van der Waals surface area contributed by atoms with E-state index in [0.717, 1.165) is 0 Å². The van der Waals surface area contributed by atoms with Crippen LogP contribution in [-0.4, -0.2) is 42.7 Å². The third-order valence-corrected chi connectivity index (χ3v) is 8.90. The zero-order valence-electron chi connectivity index (χ0n) is 21.3. The van der Waals surface area contributed by atoms with E-state index in [0.29, 0.717) is 35.8 Å². The molecule has 35 heavy (non-hydrogen) atoms. The van der Waals surface area contributed by atoms with Crippen LogP contribution in [0.1, 0.15) is 72.9 Å². The van der Waals surface area contributed by atoms with Crippen LogP contribution in [0, 0.1) is 5.41 Å². The third-order valence-electron chi connectivity index (χ3n) is 6.99. The van der Waals surface area contributed by atoms with Gasteiger partial charge in [-0.15, -0.1) is 0 Å². The predicted molar refractivity (Wildman–Crippen MR) is 131 cm³/mol. The van der Waals surface area contributed by atoms with Crippen molar-refractivity contribution >= 4 is 33.5 Å². The molecule has 0 spiro atoms. The number of hydrogen-bond donors (Lipinski definition) is 1. The second-order valence-electron chi connectivity index (χ2n) is 12.0. The maximum atomic E-state index is 14.2. The highest BCUT2D eigenvalue weighted by Gasteiger charge is 2.52. The van der Waals surface area contributed by atoms with E-state index in [-0.39, 0.29) is 11.0 Å². The van der Waals surface area contributed by atoms with Crippen molar-refractivity contribution < 1.29 is 30.9 Å². The quantitative estimate of drug-likeness (QED) is 0.569. The average Bonchev–Trinajstić information content (AvgIpc) is 3.44. The Morgan fingerprint density at radius 3 is 2.17 bits per heavy atom. The second kappa shape index (κ2) is 8.23. The molecule has 1 aliphatic heterocycles. The molecule has 1 aromatic heterocycles. The lowest BCUT2D eigenvalue weighted by atomic mass is 9.78. The summed E-state index contributed by atoms with van der Waals surface area (Å²) >= 11 is 0. The number of hydrogen-bond acceptors (Lipinski definition) is 4. The highest BCUT2D eigenvalue weighted by Crippen LogP contribution is 2.41. The first-order chi connectivity index (χ1) is 15.8. The molecule has 2 aliphatic rings. The highest BCUT2D eigenvalue weighted by molar-refractivity contribution is 7.90. The maximum absolute atomic E-state index is 14.2. The molecule has 0 bridgehead atoms. The Morgan fingerprint density at radius 1 is 1.11 bits per heavy atom. The number of halogens is 3. The standard InChI is InChI=1S/C24H34BF3N2O4S/c1-21(2,3)14-30-13-18(20(24(26,27)28)29-35(31,32)16-9-10-16)17-11-8-15(12-19(17)30)25-33-22(4,5)23(6,7)34-25/h8,11-13,16,20,29H,9-10,14H2,1-7H3. The molecule has 11 heteroatoms. The van der Waals surface area contributed by atoms with Crippen LogP contribution >= 0.6 is 0 Å². The van der Waals surface area contributed by atoms with Crippen molar-refractivity contribution in [3.63, 3.8) is 0 Å². The normalized spacial score (nSPS) is 21.6. The van der Waals surface area contributed by atoms with Gasteiger partial charge in [0.25, 0.3) is 0 Å². The van der Waals surface area contributed by atoms with E-state index < -0.39 is 45.8 Å². The molecule has 2 heterocycles. The fraction of sp³-hybridized carbons (Fsp3) is 0.667. The van der Waals surface area contributed by atoms with Gasteiger partial charge in [0.2, 0.25) is 10.0 Å². The van der Waals surface area contributed by atoms with E-state index in [4.69, 9.17) is 9.31 Å². The summed E-state index contributed by atoms with van der Waals surface area (Å²) in [5.74, 6) is 0. The molecule has 194 valence electrons. The Labute approximate surface area is 205 Å². The van der Waals surface area contributed by atoms with Crippen LogP contribution in [0.3, 0.4) is 0 Å². The van der Waals surface area contributed by atoms with E-state index in [2.05, 4.69) is 0 Å². The summed E-state index contributed by atoms with van der Waals surface area (Å²) in [6.07, 6.45) is -2.61. The third kappa shape index (κ3) is 5.28. The van der Waals surface area contributed by atoms with Crippen molar-refractivity contribution in [3.05, 3.63) is 30.0 Å². The molecular weight excluding hydrogens is 480 g/mol. The minimum absolute atomic E-state index is 0.110. The number of benzene rings is 1. The zero-order valence-corrected chi connectivity index (χ0v) is 22.1. The SMILES string of the molecule is CC(C)(C)Cn1cc(C(NS(=O)(=O)C2CC2)C(F)(F)F)c2ccc(B3OC(C)(C)C(C)(C)O3)cc21. The number of alkyl halides is 3. The Bertz CT molecular complexity index is 1210. The van der Waals surface area contributed by atoms with Crippen LogP contribution < -0.4 is 10.2 Å². The maximum Gasteiger partial charge on any atom is 0.494 e. The van der Waals surface area contributed by atoms with Gasteiger partial charge >= 0.3 is 13.3 Å². The summed E-state index contributed by atoms with van der Waals surface area (Å²) in [4.78, 5) is 0. The van der Waals surface area contributed by atoms with Crippen molar-refractivity contribution in [1.82, 2.24) is 9.29 Å². The summed E-state index contributed by atoms with van der Waals surface area (Å²) in [6.45, 7) is 14.2. The molecular formula is C24H34BF3N2O4S. The van der Waals surface area contributed by atoms with Crippen LogP contribution in [-0.2, 0) is 25.9 Å². The van der Waals surface area contributed by atoms with Gasteiger partial charge < -0.3 is 13.9 Å². The molecule has 2 fully saturated rings. The van der Waals surface area contributed by atoms with Crippen molar-refractivity contribution in [3.8, 4) is 0 Å². The summed E-state index contributed by atoms with van der Waals surface area (Å²) in [6, 6.07) is 2.75. The molecule has 1 saturated heterocycles. The molecule has 0 radical (unpaired) electrons. The van der Waals surface area contributed by atoms with Gasteiger partial charge in [0.15, 0.2) is 0 Å². The largest absolute Gasteiger partial charge is 0.494 e. The van der Waals surface area contributed by atoms with Gasteiger partial charge in [0, 0.05) is 29.2 Å². The monoisotopic (exact) mass is 514 g/mol.